The summed E-state index contributed by atoms with van der Waals surface area (Å²) in [4.78, 5) is 30.0. The van der Waals surface area contributed by atoms with E-state index in [9.17, 15) is 9.59 Å². The molecule has 1 unspecified atom stereocenters. The third-order valence-electron chi connectivity index (χ3n) is 5.14. The minimum Gasteiger partial charge on any atom is -0.474 e. The van der Waals surface area contributed by atoms with Crippen LogP contribution in [0.3, 0.4) is 0 Å². The number of nitrogens with one attached hydrogen (secondary N) is 1. The number of piperidine rings is 1. The van der Waals surface area contributed by atoms with Crippen LogP contribution in [0.25, 0.3) is 0 Å². The van der Waals surface area contributed by atoms with Crippen molar-refractivity contribution in [1.82, 2.24) is 15.2 Å². The number of amides is 2. The molecule has 2 heterocycles. The molecule has 1 aromatic rings. The zero-order valence-electron chi connectivity index (χ0n) is 14.9. The lowest BCUT2D eigenvalue weighted by Gasteiger charge is -2.27. The number of rotatable bonds is 5. The highest BCUT2D eigenvalue weighted by Crippen LogP contribution is 2.23. The first-order chi connectivity index (χ1) is 12.1. The Labute approximate surface area is 148 Å². The number of pyridine rings is 1. The molecule has 25 heavy (non-hydrogen) atoms. The molecule has 0 radical (unpaired) electrons. The molecule has 136 valence electrons. The number of hydrogen-bond donors (Lipinski definition) is 1. The maximum absolute atomic E-state index is 12.3. The SMILES string of the molecule is CN1CCC(C(=O)NCc2ccnc(OC3CCCCC3)c2)CC1=O. The van der Waals surface area contributed by atoms with E-state index in [-0.39, 0.29) is 23.8 Å². The normalized spacial score (nSPS) is 21.9. The summed E-state index contributed by atoms with van der Waals surface area (Å²) >= 11 is 0. The lowest BCUT2D eigenvalue weighted by Crippen LogP contribution is -2.41. The van der Waals surface area contributed by atoms with E-state index in [0.717, 1.165) is 24.8 Å². The van der Waals surface area contributed by atoms with Crippen LogP contribution >= 0.6 is 0 Å². The maximum Gasteiger partial charge on any atom is 0.223 e. The topological polar surface area (TPSA) is 71.5 Å². The first kappa shape index (κ1) is 17.7. The molecule has 2 amide bonds. The number of likely N-dealkylation sites (tertiary alicyclic amines) is 1. The summed E-state index contributed by atoms with van der Waals surface area (Å²) in [5, 5.41) is 2.94. The van der Waals surface area contributed by atoms with Gasteiger partial charge in [-0.1, -0.05) is 6.42 Å². The molecular formula is C19H27N3O3. The lowest BCUT2D eigenvalue weighted by molar-refractivity contribution is -0.139. The minimum absolute atomic E-state index is 0.0403. The van der Waals surface area contributed by atoms with Gasteiger partial charge in [0.25, 0.3) is 0 Å². The number of aromatic nitrogens is 1. The van der Waals surface area contributed by atoms with Crippen molar-refractivity contribution in [3.63, 3.8) is 0 Å². The monoisotopic (exact) mass is 345 g/mol. The average molecular weight is 345 g/mol. The van der Waals surface area contributed by atoms with Crippen molar-refractivity contribution in [3.8, 4) is 5.88 Å². The van der Waals surface area contributed by atoms with E-state index in [0.29, 0.717) is 25.4 Å². The molecule has 6 nitrogen and oxygen atoms in total. The third-order valence-corrected chi connectivity index (χ3v) is 5.14. The van der Waals surface area contributed by atoms with Crippen molar-refractivity contribution in [2.45, 2.75) is 57.6 Å². The van der Waals surface area contributed by atoms with Gasteiger partial charge in [-0.05, 0) is 43.7 Å². The summed E-state index contributed by atoms with van der Waals surface area (Å²) in [7, 11) is 1.78. The Morgan fingerprint density at radius 1 is 1.32 bits per heavy atom. The summed E-state index contributed by atoms with van der Waals surface area (Å²) < 4.78 is 5.97. The number of hydrogen-bond acceptors (Lipinski definition) is 4. The van der Waals surface area contributed by atoms with Crippen LogP contribution in [0.15, 0.2) is 18.3 Å². The molecule has 1 saturated carbocycles. The largest absolute Gasteiger partial charge is 0.474 e. The van der Waals surface area contributed by atoms with E-state index >= 15 is 0 Å². The molecule has 1 aromatic heterocycles. The quantitative estimate of drug-likeness (QED) is 0.889. The van der Waals surface area contributed by atoms with Crippen LogP contribution in [0.4, 0.5) is 0 Å². The molecule has 1 saturated heterocycles. The van der Waals surface area contributed by atoms with Crippen molar-refractivity contribution < 1.29 is 14.3 Å². The molecule has 1 atom stereocenters. The van der Waals surface area contributed by atoms with Crippen molar-refractivity contribution in [3.05, 3.63) is 23.9 Å². The fourth-order valence-corrected chi connectivity index (χ4v) is 3.48. The Bertz CT molecular complexity index is 614. The molecule has 2 aliphatic rings. The summed E-state index contributed by atoms with van der Waals surface area (Å²) in [5.74, 6) is 0.406. The van der Waals surface area contributed by atoms with Gasteiger partial charge in [-0.3, -0.25) is 9.59 Å². The fraction of sp³-hybridized carbons (Fsp3) is 0.632. The van der Waals surface area contributed by atoms with Crippen molar-refractivity contribution >= 4 is 11.8 Å². The average Bonchev–Trinajstić information content (AvgIpc) is 2.63. The fourth-order valence-electron chi connectivity index (χ4n) is 3.48. The molecular weight excluding hydrogens is 318 g/mol. The smallest absolute Gasteiger partial charge is 0.223 e. The van der Waals surface area contributed by atoms with E-state index in [1.54, 1.807) is 18.1 Å². The van der Waals surface area contributed by atoms with Gasteiger partial charge in [-0.15, -0.1) is 0 Å². The van der Waals surface area contributed by atoms with Gasteiger partial charge in [0.05, 0.1) is 0 Å². The van der Waals surface area contributed by atoms with Gasteiger partial charge in [-0.25, -0.2) is 4.98 Å². The zero-order chi connectivity index (χ0) is 17.6. The van der Waals surface area contributed by atoms with Gasteiger partial charge >= 0.3 is 0 Å². The summed E-state index contributed by atoms with van der Waals surface area (Å²) in [6.45, 7) is 1.08. The first-order valence-corrected chi connectivity index (χ1v) is 9.25. The maximum atomic E-state index is 12.3. The van der Waals surface area contributed by atoms with Crippen LogP contribution in [0.1, 0.15) is 50.5 Å². The predicted octanol–water partition coefficient (Wildman–Crippen LogP) is 2.28. The second-order valence-electron chi connectivity index (χ2n) is 7.10. The van der Waals surface area contributed by atoms with Crippen LogP contribution in [-0.4, -0.2) is 41.4 Å². The molecule has 0 bridgehead atoms. The van der Waals surface area contributed by atoms with Gasteiger partial charge in [-0.2, -0.15) is 0 Å². The van der Waals surface area contributed by atoms with Crippen molar-refractivity contribution in [2.75, 3.05) is 13.6 Å². The molecule has 1 N–H and O–H groups in total. The van der Waals surface area contributed by atoms with Crippen molar-refractivity contribution in [1.29, 1.82) is 0 Å². The Hall–Kier alpha value is -2.11. The highest BCUT2D eigenvalue weighted by molar-refractivity contribution is 5.86. The van der Waals surface area contributed by atoms with Gasteiger partial charge in [0.2, 0.25) is 17.7 Å². The summed E-state index contributed by atoms with van der Waals surface area (Å²) in [5.41, 5.74) is 0.966. The van der Waals surface area contributed by atoms with Gasteiger partial charge in [0.15, 0.2) is 0 Å². The Morgan fingerprint density at radius 3 is 2.88 bits per heavy atom. The van der Waals surface area contributed by atoms with Crippen LogP contribution in [0.5, 0.6) is 5.88 Å². The molecule has 2 fully saturated rings. The summed E-state index contributed by atoms with van der Waals surface area (Å²) in [6, 6.07) is 3.78. The first-order valence-electron chi connectivity index (χ1n) is 9.25. The van der Waals surface area contributed by atoms with Crippen LogP contribution in [0, 0.1) is 5.92 Å². The zero-order valence-corrected chi connectivity index (χ0v) is 14.9. The standard InChI is InChI=1S/C19H27N3O3/c1-22-10-8-15(12-18(22)23)19(24)21-13-14-7-9-20-17(11-14)25-16-5-3-2-4-6-16/h7,9,11,15-16H,2-6,8,10,12-13H2,1H3,(H,21,24). The second-order valence-corrected chi connectivity index (χ2v) is 7.10. The van der Waals surface area contributed by atoms with E-state index in [2.05, 4.69) is 10.3 Å². The third kappa shape index (κ3) is 4.94. The van der Waals surface area contributed by atoms with Crippen molar-refractivity contribution in [2.24, 2.45) is 5.92 Å². The van der Waals surface area contributed by atoms with E-state index in [4.69, 9.17) is 4.74 Å². The molecule has 0 spiro atoms. The van der Waals surface area contributed by atoms with Gasteiger partial charge < -0.3 is 15.0 Å². The molecule has 0 aromatic carbocycles. The van der Waals surface area contributed by atoms with Crippen LogP contribution in [-0.2, 0) is 16.1 Å². The van der Waals surface area contributed by atoms with E-state index in [1.165, 1.54) is 19.3 Å². The Kier molecular flexibility index (Phi) is 5.89. The molecule has 1 aliphatic carbocycles. The molecule has 1 aliphatic heterocycles. The number of nitrogens with zero attached hydrogens (tertiary/aromatic N) is 2. The van der Waals surface area contributed by atoms with E-state index < -0.39 is 0 Å². The van der Waals surface area contributed by atoms with Gasteiger partial charge in [0, 0.05) is 44.7 Å². The highest BCUT2D eigenvalue weighted by Gasteiger charge is 2.28. The van der Waals surface area contributed by atoms with Crippen LogP contribution < -0.4 is 10.1 Å². The highest BCUT2D eigenvalue weighted by atomic mass is 16.5. The minimum atomic E-state index is -0.219. The molecule has 6 heteroatoms. The lowest BCUT2D eigenvalue weighted by atomic mass is 9.95. The second kappa shape index (κ2) is 8.32. The number of ether oxygens (including phenoxy) is 1. The van der Waals surface area contributed by atoms with Crippen LogP contribution in [0.2, 0.25) is 0 Å². The number of carbonyl (C=O) groups is 2. The predicted molar refractivity (Wildman–Crippen MR) is 93.9 cm³/mol. The number of carbonyl (C=O) groups excluding carboxylic acids is 2. The molecule has 3 rings (SSSR count). The van der Waals surface area contributed by atoms with E-state index in [1.807, 2.05) is 12.1 Å². The Balaban J connectivity index is 1.50. The van der Waals surface area contributed by atoms with Gasteiger partial charge in [0.1, 0.15) is 6.10 Å². The summed E-state index contributed by atoms with van der Waals surface area (Å²) in [6.07, 6.45) is 8.91. The Morgan fingerprint density at radius 2 is 2.12 bits per heavy atom.